The fourth-order valence-electron chi connectivity index (χ4n) is 3.87. The molecule has 1 unspecified atom stereocenters. The van der Waals surface area contributed by atoms with Crippen molar-refractivity contribution in [3.05, 3.63) is 87.1 Å². The van der Waals surface area contributed by atoms with Gasteiger partial charge < -0.3 is 5.73 Å². The summed E-state index contributed by atoms with van der Waals surface area (Å²) in [6.07, 6.45) is 4.66. The highest BCUT2D eigenvalue weighted by molar-refractivity contribution is 9.10. The number of aromatic nitrogens is 1. The number of nitrogens with two attached hydrogens (primary N) is 1. The second kappa shape index (κ2) is 8.13. The molecule has 1 aliphatic heterocycles. The van der Waals surface area contributed by atoms with E-state index < -0.39 is 11.8 Å². The predicted molar refractivity (Wildman–Crippen MR) is 113 cm³/mol. The highest BCUT2D eigenvalue weighted by atomic mass is 79.9. The Kier molecular flexibility index (Phi) is 5.38. The molecule has 150 valence electrons. The minimum absolute atomic E-state index is 0.0346. The van der Waals surface area contributed by atoms with Crippen LogP contribution in [0.3, 0.4) is 0 Å². The molecule has 0 spiro atoms. The van der Waals surface area contributed by atoms with E-state index in [9.17, 15) is 14.9 Å². The molecule has 30 heavy (non-hydrogen) atoms. The van der Waals surface area contributed by atoms with Gasteiger partial charge in [-0.2, -0.15) is 5.26 Å². The van der Waals surface area contributed by atoms with E-state index in [1.807, 2.05) is 24.3 Å². The normalized spacial score (nSPS) is 18.7. The van der Waals surface area contributed by atoms with E-state index >= 15 is 0 Å². The SMILES string of the molecule is N#CC1=C(N)N(NC(=O)c2ccncc2)C2=C(C(=O)CCC2)C1c1ccc(Br)cc1. The summed E-state index contributed by atoms with van der Waals surface area (Å²) >= 11 is 3.41. The van der Waals surface area contributed by atoms with Gasteiger partial charge in [0.25, 0.3) is 5.91 Å². The summed E-state index contributed by atoms with van der Waals surface area (Å²) in [7, 11) is 0. The summed E-state index contributed by atoms with van der Waals surface area (Å²) in [5, 5.41) is 11.3. The number of nitrogens with zero attached hydrogens (tertiary/aromatic N) is 3. The molecule has 7 nitrogen and oxygen atoms in total. The van der Waals surface area contributed by atoms with Gasteiger partial charge in [-0.3, -0.25) is 20.0 Å². The third-order valence-electron chi connectivity index (χ3n) is 5.27. The molecule has 8 heteroatoms. The molecule has 0 radical (unpaired) electrons. The first-order valence-electron chi connectivity index (χ1n) is 9.44. The zero-order valence-electron chi connectivity index (χ0n) is 15.9. The summed E-state index contributed by atoms with van der Waals surface area (Å²) in [6.45, 7) is 0. The fraction of sp³-hybridized carbons (Fsp3) is 0.182. The van der Waals surface area contributed by atoms with E-state index in [-0.39, 0.29) is 17.2 Å². The summed E-state index contributed by atoms with van der Waals surface area (Å²) < 4.78 is 0.896. The second-order valence-corrected chi connectivity index (χ2v) is 7.96. The molecule has 3 N–H and O–H groups in total. The standard InChI is InChI=1S/C22H18BrN5O2/c23-15-6-4-13(5-7-15)19-16(12-24)21(25)28(17-2-1-3-18(29)20(17)19)27-22(30)14-8-10-26-11-9-14/h4-11,19H,1-3,25H2,(H,27,30). The minimum atomic E-state index is -0.556. The number of nitrogens with one attached hydrogen (secondary N) is 1. The number of Topliss-reactive ketones (excluding diaryl/α,β-unsaturated/α-hetero) is 1. The fourth-order valence-corrected chi connectivity index (χ4v) is 4.14. The molecule has 2 heterocycles. The number of carbonyl (C=O) groups is 2. The first-order chi connectivity index (χ1) is 14.5. The van der Waals surface area contributed by atoms with Crippen LogP contribution in [0.25, 0.3) is 0 Å². The van der Waals surface area contributed by atoms with Gasteiger partial charge in [0.2, 0.25) is 0 Å². The van der Waals surface area contributed by atoms with Crippen LogP contribution in [0, 0.1) is 11.3 Å². The van der Waals surface area contributed by atoms with Crippen LogP contribution in [0.4, 0.5) is 0 Å². The second-order valence-electron chi connectivity index (χ2n) is 7.04. The van der Waals surface area contributed by atoms with Crippen molar-refractivity contribution in [2.24, 2.45) is 5.73 Å². The van der Waals surface area contributed by atoms with E-state index in [4.69, 9.17) is 5.73 Å². The third-order valence-corrected chi connectivity index (χ3v) is 5.80. The van der Waals surface area contributed by atoms with Gasteiger partial charge in [0.15, 0.2) is 5.78 Å². The van der Waals surface area contributed by atoms with Crippen molar-refractivity contribution in [3.63, 3.8) is 0 Å². The quantitative estimate of drug-likeness (QED) is 0.721. The predicted octanol–water partition coefficient (Wildman–Crippen LogP) is 3.29. The first kappa shape index (κ1) is 19.9. The van der Waals surface area contributed by atoms with Crippen molar-refractivity contribution in [2.75, 3.05) is 0 Å². The average molecular weight is 464 g/mol. The van der Waals surface area contributed by atoms with Crippen LogP contribution < -0.4 is 11.2 Å². The molecule has 1 amide bonds. The van der Waals surface area contributed by atoms with E-state index in [0.717, 1.165) is 10.0 Å². The molecular weight excluding hydrogens is 446 g/mol. The van der Waals surface area contributed by atoms with E-state index in [1.165, 1.54) is 17.4 Å². The molecule has 4 rings (SSSR count). The lowest BCUT2D eigenvalue weighted by molar-refractivity contribution is -0.116. The van der Waals surface area contributed by atoms with Crippen LogP contribution in [0.1, 0.15) is 41.1 Å². The number of nitriles is 1. The maximum Gasteiger partial charge on any atom is 0.270 e. The third kappa shape index (κ3) is 3.48. The van der Waals surface area contributed by atoms with Crippen LogP contribution in [-0.2, 0) is 4.79 Å². The van der Waals surface area contributed by atoms with Gasteiger partial charge >= 0.3 is 0 Å². The smallest absolute Gasteiger partial charge is 0.270 e. The number of hydrazine groups is 1. The number of halogens is 1. The Balaban J connectivity index is 1.81. The Hall–Kier alpha value is -3.44. The van der Waals surface area contributed by atoms with Crippen molar-refractivity contribution in [3.8, 4) is 6.07 Å². The van der Waals surface area contributed by atoms with E-state index in [0.29, 0.717) is 36.1 Å². The van der Waals surface area contributed by atoms with Gasteiger partial charge in [0.1, 0.15) is 5.82 Å². The Morgan fingerprint density at radius 1 is 1.20 bits per heavy atom. The number of carbonyl (C=O) groups excluding carboxylic acids is 2. The van der Waals surface area contributed by atoms with E-state index in [2.05, 4.69) is 32.4 Å². The zero-order chi connectivity index (χ0) is 21.3. The van der Waals surface area contributed by atoms with Crippen molar-refractivity contribution in [2.45, 2.75) is 25.2 Å². The molecule has 1 atom stereocenters. The topological polar surface area (TPSA) is 112 Å². The monoisotopic (exact) mass is 463 g/mol. The molecular formula is C22H18BrN5O2. The average Bonchev–Trinajstić information content (AvgIpc) is 2.76. The zero-order valence-corrected chi connectivity index (χ0v) is 17.5. The summed E-state index contributed by atoms with van der Waals surface area (Å²) in [5.41, 5.74) is 11.7. The Morgan fingerprint density at radius 2 is 1.90 bits per heavy atom. The summed E-state index contributed by atoms with van der Waals surface area (Å²) in [5.74, 6) is -0.863. The Labute approximate surface area is 182 Å². The molecule has 0 bridgehead atoms. The van der Waals surface area contributed by atoms with Crippen LogP contribution in [0.5, 0.6) is 0 Å². The molecule has 1 aliphatic carbocycles. The molecule has 1 aromatic heterocycles. The maximum atomic E-state index is 13.0. The molecule has 0 saturated heterocycles. The van der Waals surface area contributed by atoms with E-state index in [1.54, 1.807) is 12.1 Å². The van der Waals surface area contributed by atoms with Crippen LogP contribution in [0.15, 0.2) is 75.9 Å². The molecule has 0 fully saturated rings. The largest absolute Gasteiger partial charge is 0.383 e. The number of pyridine rings is 1. The number of ketones is 1. The lowest BCUT2D eigenvalue weighted by Gasteiger charge is -2.39. The number of allylic oxidation sites excluding steroid dienone is 3. The van der Waals surface area contributed by atoms with Crippen molar-refractivity contribution in [1.82, 2.24) is 15.4 Å². The van der Waals surface area contributed by atoms with Crippen LogP contribution in [-0.4, -0.2) is 21.7 Å². The van der Waals surface area contributed by atoms with Crippen LogP contribution in [0.2, 0.25) is 0 Å². The Morgan fingerprint density at radius 3 is 2.57 bits per heavy atom. The van der Waals surface area contributed by atoms with Gasteiger partial charge in [-0.15, -0.1) is 0 Å². The number of amides is 1. The van der Waals surface area contributed by atoms with Crippen molar-refractivity contribution < 1.29 is 9.59 Å². The summed E-state index contributed by atoms with van der Waals surface area (Å²) in [4.78, 5) is 29.6. The highest BCUT2D eigenvalue weighted by Gasteiger charge is 2.40. The molecule has 2 aromatic rings. The minimum Gasteiger partial charge on any atom is -0.383 e. The van der Waals surface area contributed by atoms with Gasteiger partial charge in [-0.1, -0.05) is 28.1 Å². The van der Waals surface area contributed by atoms with Crippen molar-refractivity contribution in [1.29, 1.82) is 5.26 Å². The Bertz CT molecular complexity index is 1120. The number of rotatable bonds is 3. The van der Waals surface area contributed by atoms with Gasteiger partial charge in [0, 0.05) is 40.1 Å². The molecule has 1 aromatic carbocycles. The summed E-state index contributed by atoms with van der Waals surface area (Å²) in [6, 6.07) is 12.8. The molecule has 0 saturated carbocycles. The maximum absolute atomic E-state index is 13.0. The van der Waals surface area contributed by atoms with Crippen LogP contribution >= 0.6 is 15.9 Å². The number of hydrogen-bond donors (Lipinski definition) is 2. The first-order valence-corrected chi connectivity index (χ1v) is 10.2. The lowest BCUT2D eigenvalue weighted by Crippen LogP contribution is -2.48. The highest BCUT2D eigenvalue weighted by Crippen LogP contribution is 2.44. The van der Waals surface area contributed by atoms with Gasteiger partial charge in [0.05, 0.1) is 17.6 Å². The lowest BCUT2D eigenvalue weighted by atomic mass is 9.76. The molecule has 2 aliphatic rings. The van der Waals surface area contributed by atoms with Crippen molar-refractivity contribution >= 4 is 27.6 Å². The van der Waals surface area contributed by atoms with Gasteiger partial charge in [-0.05, 0) is 42.7 Å². The number of hydrogen-bond acceptors (Lipinski definition) is 6. The van der Waals surface area contributed by atoms with Gasteiger partial charge in [-0.25, -0.2) is 5.01 Å². The number of benzene rings is 1.